The zero-order valence-corrected chi connectivity index (χ0v) is 13.0. The third-order valence-corrected chi connectivity index (χ3v) is 3.80. The summed E-state index contributed by atoms with van der Waals surface area (Å²) in [5.41, 5.74) is -0.116. The maximum absolute atomic E-state index is 12.6. The summed E-state index contributed by atoms with van der Waals surface area (Å²) in [6.07, 6.45) is 1.47. The Morgan fingerprint density at radius 3 is 2.50 bits per heavy atom. The minimum Gasteiger partial charge on any atom is -0.548 e. The molecule has 0 spiro atoms. The minimum absolute atomic E-state index is 0.185. The van der Waals surface area contributed by atoms with Crippen LogP contribution in [-0.2, 0) is 24.4 Å². The van der Waals surface area contributed by atoms with Crippen LogP contribution in [0.15, 0.2) is 46.2 Å². The summed E-state index contributed by atoms with van der Waals surface area (Å²) < 4.78 is 3.57. The molecular weight excluding hydrogens is 312 g/mol. The molecule has 24 heavy (non-hydrogen) atoms. The van der Waals surface area contributed by atoms with Gasteiger partial charge < -0.3 is 14.5 Å². The van der Waals surface area contributed by atoms with E-state index in [0.29, 0.717) is 11.1 Å². The van der Waals surface area contributed by atoms with Crippen LogP contribution in [0.1, 0.15) is 12.5 Å². The van der Waals surface area contributed by atoms with E-state index >= 15 is 0 Å². The molecule has 3 aromatic rings. The van der Waals surface area contributed by atoms with E-state index in [9.17, 15) is 19.5 Å². The molecule has 0 unspecified atom stereocenters. The first-order chi connectivity index (χ1) is 11.5. The highest BCUT2D eigenvalue weighted by Gasteiger charge is 2.17. The number of carboxylic acid groups (broad SMARTS) is 1. The molecule has 0 bridgehead atoms. The molecule has 0 N–H and O–H groups in total. The molecule has 8 nitrogen and oxygen atoms in total. The predicted molar refractivity (Wildman–Crippen MR) is 84.5 cm³/mol. The Labute approximate surface area is 136 Å². The summed E-state index contributed by atoms with van der Waals surface area (Å²) in [5.74, 6) is -1.50. The van der Waals surface area contributed by atoms with Crippen LogP contribution in [0.2, 0.25) is 0 Å². The zero-order valence-electron chi connectivity index (χ0n) is 13.0. The number of nitrogens with zero attached hydrogens (tertiary/aromatic N) is 4. The molecule has 2 aromatic heterocycles. The lowest BCUT2D eigenvalue weighted by molar-refractivity contribution is -0.306. The standard InChI is InChI=1S/C16H16N4O4/c1-2-18-10-17-14-13(18)15(23)20(9-12(21)22)16(24)19(14)8-11-6-4-3-5-7-11/h3-7,10H,2,8-9H2,1H3,(H,21,22)/p-1. The number of aromatic nitrogens is 4. The lowest BCUT2D eigenvalue weighted by Gasteiger charge is -2.12. The molecule has 0 fully saturated rings. The van der Waals surface area contributed by atoms with E-state index in [1.807, 2.05) is 37.3 Å². The minimum atomic E-state index is -1.50. The van der Waals surface area contributed by atoms with Gasteiger partial charge in [0.1, 0.15) is 0 Å². The molecule has 0 aliphatic heterocycles. The van der Waals surface area contributed by atoms with Crippen LogP contribution in [0.5, 0.6) is 0 Å². The highest BCUT2D eigenvalue weighted by molar-refractivity contribution is 5.71. The van der Waals surface area contributed by atoms with Crippen LogP contribution in [0.3, 0.4) is 0 Å². The summed E-state index contributed by atoms with van der Waals surface area (Å²) in [5, 5.41) is 10.9. The number of benzene rings is 1. The first-order valence-corrected chi connectivity index (χ1v) is 7.45. The number of rotatable bonds is 5. The highest BCUT2D eigenvalue weighted by atomic mass is 16.4. The Hall–Kier alpha value is -3.16. The Morgan fingerprint density at radius 1 is 1.17 bits per heavy atom. The number of carboxylic acids is 1. The number of aliphatic carboxylic acids is 1. The molecule has 0 saturated heterocycles. The van der Waals surface area contributed by atoms with Crippen LogP contribution >= 0.6 is 0 Å². The van der Waals surface area contributed by atoms with Gasteiger partial charge in [-0.2, -0.15) is 0 Å². The number of aryl methyl sites for hydroxylation is 1. The van der Waals surface area contributed by atoms with Crippen molar-refractivity contribution >= 4 is 17.1 Å². The highest BCUT2D eigenvalue weighted by Crippen LogP contribution is 2.09. The molecule has 8 heteroatoms. The second kappa shape index (κ2) is 6.15. The lowest BCUT2D eigenvalue weighted by Crippen LogP contribution is -2.44. The van der Waals surface area contributed by atoms with Gasteiger partial charge in [-0.3, -0.25) is 13.9 Å². The predicted octanol–water partition coefficient (Wildman–Crippen LogP) is -0.822. The van der Waals surface area contributed by atoms with Gasteiger partial charge in [-0.25, -0.2) is 9.78 Å². The smallest absolute Gasteiger partial charge is 0.333 e. The molecule has 0 radical (unpaired) electrons. The van der Waals surface area contributed by atoms with Crippen LogP contribution in [0, 0.1) is 0 Å². The Bertz CT molecular complexity index is 1010. The summed E-state index contributed by atoms with van der Waals surface area (Å²) in [4.78, 5) is 40.3. The SMILES string of the molecule is CCn1cnc2c1c(=O)n(CC(=O)[O-])c(=O)n2Cc1ccccc1. The van der Waals surface area contributed by atoms with Gasteiger partial charge in [0.05, 0.1) is 25.4 Å². The monoisotopic (exact) mass is 327 g/mol. The first-order valence-electron chi connectivity index (χ1n) is 7.45. The van der Waals surface area contributed by atoms with Crippen molar-refractivity contribution in [2.75, 3.05) is 0 Å². The Morgan fingerprint density at radius 2 is 1.88 bits per heavy atom. The van der Waals surface area contributed by atoms with Crippen LogP contribution in [0.4, 0.5) is 0 Å². The van der Waals surface area contributed by atoms with E-state index < -0.39 is 23.8 Å². The van der Waals surface area contributed by atoms with Crippen molar-refractivity contribution < 1.29 is 9.90 Å². The van der Waals surface area contributed by atoms with E-state index in [4.69, 9.17) is 0 Å². The topological polar surface area (TPSA) is 102 Å². The van der Waals surface area contributed by atoms with E-state index in [1.165, 1.54) is 10.9 Å². The number of imidazole rings is 1. The molecule has 0 atom stereocenters. The maximum atomic E-state index is 12.6. The fourth-order valence-corrected chi connectivity index (χ4v) is 2.66. The molecule has 124 valence electrons. The summed E-state index contributed by atoms with van der Waals surface area (Å²) in [6, 6.07) is 9.19. The Balaban J connectivity index is 2.31. The van der Waals surface area contributed by atoms with Crippen molar-refractivity contribution in [2.24, 2.45) is 0 Å². The normalized spacial score (nSPS) is 11.0. The van der Waals surface area contributed by atoms with Gasteiger partial charge in [-0.15, -0.1) is 0 Å². The van der Waals surface area contributed by atoms with Gasteiger partial charge in [0.25, 0.3) is 5.56 Å². The van der Waals surface area contributed by atoms with Gasteiger partial charge in [0, 0.05) is 6.54 Å². The van der Waals surface area contributed by atoms with Gasteiger partial charge in [-0.1, -0.05) is 30.3 Å². The van der Waals surface area contributed by atoms with Crippen molar-refractivity contribution in [1.29, 1.82) is 0 Å². The summed E-state index contributed by atoms with van der Waals surface area (Å²) in [6.45, 7) is 1.69. The van der Waals surface area contributed by atoms with Gasteiger partial charge in [-0.05, 0) is 12.5 Å². The van der Waals surface area contributed by atoms with Gasteiger partial charge in [0.2, 0.25) is 0 Å². The fourth-order valence-electron chi connectivity index (χ4n) is 2.66. The summed E-state index contributed by atoms with van der Waals surface area (Å²) in [7, 11) is 0. The van der Waals surface area contributed by atoms with E-state index in [1.54, 1.807) is 4.57 Å². The Kier molecular flexibility index (Phi) is 4.03. The fraction of sp³-hybridized carbons (Fsp3) is 0.250. The van der Waals surface area contributed by atoms with Crippen molar-refractivity contribution in [1.82, 2.24) is 18.7 Å². The first kappa shape index (κ1) is 15.7. The molecule has 0 aliphatic rings. The third kappa shape index (κ3) is 2.62. The van der Waals surface area contributed by atoms with E-state index in [-0.39, 0.29) is 17.7 Å². The molecule has 1 aromatic carbocycles. The summed E-state index contributed by atoms with van der Waals surface area (Å²) >= 11 is 0. The van der Waals surface area contributed by atoms with Crippen LogP contribution in [-0.4, -0.2) is 24.7 Å². The quantitative estimate of drug-likeness (QED) is 0.609. The largest absolute Gasteiger partial charge is 0.548 e. The van der Waals surface area contributed by atoms with Gasteiger partial charge >= 0.3 is 5.69 Å². The van der Waals surface area contributed by atoms with Gasteiger partial charge in [0.15, 0.2) is 11.2 Å². The average Bonchev–Trinajstić information content (AvgIpc) is 3.00. The third-order valence-electron chi connectivity index (χ3n) is 3.80. The second-order valence-corrected chi connectivity index (χ2v) is 5.32. The van der Waals surface area contributed by atoms with E-state index in [0.717, 1.165) is 5.56 Å². The molecule has 3 rings (SSSR count). The van der Waals surface area contributed by atoms with Crippen molar-refractivity contribution in [3.8, 4) is 0 Å². The average molecular weight is 327 g/mol. The number of carbonyl (C=O) groups is 1. The lowest BCUT2D eigenvalue weighted by atomic mass is 10.2. The molecule has 0 saturated carbocycles. The molecular formula is C16H15N4O4-. The molecule has 0 aliphatic carbocycles. The van der Waals surface area contributed by atoms with Crippen LogP contribution in [0.25, 0.3) is 11.2 Å². The van der Waals surface area contributed by atoms with Crippen molar-refractivity contribution in [3.05, 3.63) is 63.1 Å². The van der Waals surface area contributed by atoms with Crippen LogP contribution < -0.4 is 16.4 Å². The molecule has 2 heterocycles. The second-order valence-electron chi connectivity index (χ2n) is 5.32. The van der Waals surface area contributed by atoms with Crippen molar-refractivity contribution in [2.45, 2.75) is 26.6 Å². The zero-order chi connectivity index (χ0) is 17.3. The number of hydrogen-bond acceptors (Lipinski definition) is 5. The van der Waals surface area contributed by atoms with E-state index in [2.05, 4.69) is 4.98 Å². The molecule has 0 amide bonds. The number of fused-ring (bicyclic) bond motifs is 1. The number of hydrogen-bond donors (Lipinski definition) is 0. The maximum Gasteiger partial charge on any atom is 0.333 e. The number of carbonyl (C=O) groups excluding carboxylic acids is 1. The van der Waals surface area contributed by atoms with Crippen molar-refractivity contribution in [3.63, 3.8) is 0 Å².